The van der Waals surface area contributed by atoms with Crippen LogP contribution in [0.5, 0.6) is 5.75 Å². The standard InChI is InChI=1S/C32H28ClFN4O4/c1-17-11-18(2)23(13-20(17)16-42-29-10-7-21(33)12-19(29)3)30-24(15-35)32(36)37(26-5-4-6-28(39)31(26)30)25-9-8-22(34)14-27(25)38(40)41/h7-14,30H,4-6,16,36H2,1-3H3. The summed E-state index contributed by atoms with van der Waals surface area (Å²) in [6, 6.07) is 14.7. The van der Waals surface area contributed by atoms with E-state index in [1.165, 1.54) is 11.0 Å². The van der Waals surface area contributed by atoms with Crippen molar-refractivity contribution >= 4 is 28.8 Å². The quantitative estimate of drug-likeness (QED) is 0.239. The number of anilines is 1. The summed E-state index contributed by atoms with van der Waals surface area (Å²) >= 11 is 6.09. The third-order valence-corrected chi connectivity index (χ3v) is 8.08. The third kappa shape index (κ3) is 5.10. The van der Waals surface area contributed by atoms with Crippen LogP contribution >= 0.6 is 11.6 Å². The molecule has 0 fully saturated rings. The highest BCUT2D eigenvalue weighted by atomic mass is 35.5. The molecule has 42 heavy (non-hydrogen) atoms. The van der Waals surface area contributed by atoms with Crippen LogP contribution in [-0.4, -0.2) is 10.7 Å². The molecule has 5 rings (SSSR count). The van der Waals surface area contributed by atoms with Crippen LogP contribution < -0.4 is 15.4 Å². The molecule has 214 valence electrons. The Balaban J connectivity index is 1.65. The summed E-state index contributed by atoms with van der Waals surface area (Å²) in [6.07, 6.45) is 1.18. The molecule has 1 aliphatic carbocycles. The van der Waals surface area contributed by atoms with Crippen LogP contribution in [0.3, 0.4) is 0 Å². The van der Waals surface area contributed by atoms with Gasteiger partial charge in [0, 0.05) is 22.7 Å². The fourth-order valence-corrected chi connectivity index (χ4v) is 6.04. The smallest absolute Gasteiger partial charge is 0.296 e. The SMILES string of the molecule is Cc1cc(C)c(C2C(C#N)=C(N)N(c3ccc(F)cc3[N+](=O)[O-])C3=C2C(=O)CCC3)cc1COc1ccc(Cl)cc1C. The predicted octanol–water partition coefficient (Wildman–Crippen LogP) is 7.20. The lowest BCUT2D eigenvalue weighted by Crippen LogP contribution is -2.39. The van der Waals surface area contributed by atoms with E-state index in [0.717, 1.165) is 39.9 Å². The summed E-state index contributed by atoms with van der Waals surface area (Å²) in [5.74, 6) is -1.06. The second-order valence-corrected chi connectivity index (χ2v) is 11.0. The molecule has 10 heteroatoms. The first-order valence-electron chi connectivity index (χ1n) is 13.4. The van der Waals surface area contributed by atoms with Crippen molar-refractivity contribution < 1.29 is 18.8 Å². The number of carbonyl (C=O) groups excluding carboxylic acids is 1. The molecule has 0 saturated carbocycles. The topological polar surface area (TPSA) is 122 Å². The number of nitriles is 1. The van der Waals surface area contributed by atoms with Crippen molar-refractivity contribution in [1.82, 2.24) is 0 Å². The van der Waals surface area contributed by atoms with Crippen molar-refractivity contribution in [1.29, 1.82) is 5.26 Å². The molecule has 1 aliphatic heterocycles. The highest BCUT2D eigenvalue weighted by Gasteiger charge is 2.42. The van der Waals surface area contributed by atoms with Crippen LogP contribution in [0, 0.1) is 48.0 Å². The van der Waals surface area contributed by atoms with Gasteiger partial charge in [-0.15, -0.1) is 0 Å². The van der Waals surface area contributed by atoms with Crippen molar-refractivity contribution in [3.8, 4) is 11.8 Å². The Morgan fingerprint density at radius 1 is 1.12 bits per heavy atom. The van der Waals surface area contributed by atoms with Crippen LogP contribution in [0.25, 0.3) is 0 Å². The highest BCUT2D eigenvalue weighted by Crippen LogP contribution is 2.48. The number of nitrogens with zero attached hydrogens (tertiary/aromatic N) is 3. The maximum atomic E-state index is 14.0. The number of benzene rings is 3. The van der Waals surface area contributed by atoms with Crippen LogP contribution in [0.4, 0.5) is 15.8 Å². The third-order valence-electron chi connectivity index (χ3n) is 7.84. The van der Waals surface area contributed by atoms with Gasteiger partial charge < -0.3 is 10.5 Å². The number of nitro benzene ring substituents is 1. The first kappa shape index (κ1) is 28.8. The normalized spacial score (nSPS) is 16.8. The van der Waals surface area contributed by atoms with Crippen molar-refractivity contribution in [3.05, 3.63) is 120 Å². The van der Waals surface area contributed by atoms with Gasteiger partial charge in [-0.3, -0.25) is 19.8 Å². The van der Waals surface area contributed by atoms with Crippen LogP contribution in [0.2, 0.25) is 5.02 Å². The van der Waals surface area contributed by atoms with E-state index in [9.17, 15) is 24.6 Å². The minimum Gasteiger partial charge on any atom is -0.489 e. The Morgan fingerprint density at radius 2 is 1.88 bits per heavy atom. The number of rotatable bonds is 6. The Kier molecular flexibility index (Phi) is 7.76. The maximum Gasteiger partial charge on any atom is 0.296 e. The molecular formula is C32H28ClFN4O4. The number of ketones is 1. The van der Waals surface area contributed by atoms with Gasteiger partial charge in [0.1, 0.15) is 29.7 Å². The number of nitro groups is 1. The fourth-order valence-electron chi connectivity index (χ4n) is 5.82. The van der Waals surface area contributed by atoms with E-state index < -0.39 is 22.3 Å². The minimum atomic E-state index is -0.781. The molecule has 3 aromatic rings. The zero-order valence-electron chi connectivity index (χ0n) is 23.3. The molecule has 0 radical (unpaired) electrons. The summed E-state index contributed by atoms with van der Waals surface area (Å²) in [4.78, 5) is 26.2. The number of halogens is 2. The van der Waals surface area contributed by atoms with Crippen molar-refractivity contribution in [2.75, 3.05) is 4.90 Å². The van der Waals surface area contributed by atoms with Gasteiger partial charge in [-0.1, -0.05) is 23.7 Å². The molecule has 2 aliphatic rings. The van der Waals surface area contributed by atoms with Crippen molar-refractivity contribution in [2.24, 2.45) is 5.73 Å². The molecule has 1 heterocycles. The number of hydrogen-bond donors (Lipinski definition) is 1. The molecule has 1 atom stereocenters. The molecule has 1 unspecified atom stereocenters. The summed E-state index contributed by atoms with van der Waals surface area (Å²) in [5.41, 5.74) is 11.4. The first-order valence-corrected chi connectivity index (χ1v) is 13.8. The summed E-state index contributed by atoms with van der Waals surface area (Å²) in [7, 11) is 0. The molecule has 0 bridgehead atoms. The number of nitrogens with two attached hydrogens (primary N) is 1. The highest BCUT2D eigenvalue weighted by molar-refractivity contribution is 6.30. The average molecular weight is 587 g/mol. The zero-order valence-corrected chi connectivity index (χ0v) is 24.1. The van der Waals surface area contributed by atoms with Gasteiger partial charge in [0.05, 0.1) is 28.5 Å². The van der Waals surface area contributed by atoms with Gasteiger partial charge in [-0.05, 0) is 91.8 Å². The second-order valence-electron chi connectivity index (χ2n) is 10.5. The molecule has 8 nitrogen and oxygen atoms in total. The Hall–Kier alpha value is -4.68. The lowest BCUT2D eigenvalue weighted by atomic mass is 9.74. The summed E-state index contributed by atoms with van der Waals surface area (Å²) in [6.45, 7) is 6.02. The Labute approximate surface area is 247 Å². The summed E-state index contributed by atoms with van der Waals surface area (Å²) in [5, 5.41) is 22.9. The van der Waals surface area contributed by atoms with Gasteiger partial charge in [0.2, 0.25) is 0 Å². The van der Waals surface area contributed by atoms with Gasteiger partial charge in [-0.2, -0.15) is 5.26 Å². The lowest BCUT2D eigenvalue weighted by Gasteiger charge is -2.39. The molecule has 3 aromatic carbocycles. The van der Waals surface area contributed by atoms with Crippen LogP contribution in [-0.2, 0) is 11.4 Å². The molecule has 2 N–H and O–H groups in total. The zero-order chi connectivity index (χ0) is 30.3. The van der Waals surface area contributed by atoms with Crippen LogP contribution in [0.1, 0.15) is 53.0 Å². The monoisotopic (exact) mass is 586 g/mol. The van der Waals surface area contributed by atoms with E-state index in [0.29, 0.717) is 34.9 Å². The Bertz CT molecular complexity index is 1760. The first-order chi connectivity index (χ1) is 20.0. The summed E-state index contributed by atoms with van der Waals surface area (Å²) < 4.78 is 20.1. The number of aryl methyl sites for hydroxylation is 3. The van der Waals surface area contributed by atoms with E-state index in [1.54, 1.807) is 6.07 Å². The molecular weight excluding hydrogens is 559 g/mol. The van der Waals surface area contributed by atoms with E-state index in [2.05, 4.69) is 6.07 Å². The molecule has 0 aromatic heterocycles. The Morgan fingerprint density at radius 3 is 2.57 bits per heavy atom. The minimum absolute atomic E-state index is 0.000325. The van der Waals surface area contributed by atoms with E-state index in [4.69, 9.17) is 22.1 Å². The van der Waals surface area contributed by atoms with Gasteiger partial charge >= 0.3 is 0 Å². The van der Waals surface area contributed by atoms with Gasteiger partial charge in [0.25, 0.3) is 5.69 Å². The van der Waals surface area contributed by atoms with Crippen molar-refractivity contribution in [2.45, 2.75) is 52.6 Å². The van der Waals surface area contributed by atoms with Crippen molar-refractivity contribution in [3.63, 3.8) is 0 Å². The van der Waals surface area contributed by atoms with Gasteiger partial charge in [-0.25, -0.2) is 4.39 Å². The maximum absolute atomic E-state index is 14.0. The van der Waals surface area contributed by atoms with E-state index in [-0.39, 0.29) is 35.9 Å². The molecule has 0 spiro atoms. The number of allylic oxidation sites excluding steroid dienone is 3. The number of hydrogen-bond acceptors (Lipinski definition) is 7. The number of carbonyl (C=O) groups is 1. The lowest BCUT2D eigenvalue weighted by molar-refractivity contribution is -0.384. The predicted molar refractivity (Wildman–Crippen MR) is 157 cm³/mol. The molecule has 0 amide bonds. The van der Waals surface area contributed by atoms with Crippen LogP contribution in [0.15, 0.2) is 71.2 Å². The number of Topliss-reactive ketones (excluding diaryl/α,β-unsaturated/α-hetero) is 1. The van der Waals surface area contributed by atoms with E-state index in [1.807, 2.05) is 45.0 Å². The second kappa shape index (κ2) is 11.3. The van der Waals surface area contributed by atoms with E-state index >= 15 is 0 Å². The largest absolute Gasteiger partial charge is 0.489 e. The fraction of sp³-hybridized carbons (Fsp3) is 0.250. The van der Waals surface area contributed by atoms with Gasteiger partial charge in [0.15, 0.2) is 5.78 Å². The number of ether oxygens (including phenoxy) is 1. The molecule has 0 saturated heterocycles. The average Bonchev–Trinajstić information content (AvgIpc) is 2.93.